The zero-order valence-corrected chi connectivity index (χ0v) is 17.6. The Morgan fingerprint density at radius 3 is 2.33 bits per heavy atom. The highest BCUT2D eigenvalue weighted by molar-refractivity contribution is 7.99. The SMILES string of the molecule is N#C/C(=C\c1cc([N+](=O)[O-])ccc1Sc1ccc(Cl)cc1)S(=O)(=O)c1ccccc1. The van der Waals surface area contributed by atoms with Gasteiger partial charge in [0.2, 0.25) is 9.84 Å². The van der Waals surface area contributed by atoms with Crippen LogP contribution in [0.15, 0.2) is 92.4 Å². The van der Waals surface area contributed by atoms with Crippen LogP contribution in [-0.2, 0) is 9.84 Å². The highest BCUT2D eigenvalue weighted by Crippen LogP contribution is 2.35. The van der Waals surface area contributed by atoms with Crippen molar-refractivity contribution in [2.45, 2.75) is 14.7 Å². The summed E-state index contributed by atoms with van der Waals surface area (Å²) in [7, 11) is -4.07. The van der Waals surface area contributed by atoms with Crippen molar-refractivity contribution in [3.05, 3.63) is 98.4 Å². The third-order valence-corrected chi connectivity index (χ3v) is 7.02. The van der Waals surface area contributed by atoms with E-state index in [1.54, 1.807) is 48.5 Å². The Bertz CT molecular complexity index is 1270. The van der Waals surface area contributed by atoms with Gasteiger partial charge in [-0.15, -0.1) is 0 Å². The maximum Gasteiger partial charge on any atom is 0.270 e. The quantitative estimate of drug-likeness (QED) is 0.266. The highest BCUT2D eigenvalue weighted by Gasteiger charge is 2.22. The first kappa shape index (κ1) is 21.6. The minimum atomic E-state index is -4.07. The standard InChI is InChI=1S/C21H13ClN2O4S2/c22-16-6-9-18(10-7-16)29-21-11-8-17(24(25)26)12-15(21)13-20(14-23)30(27,28)19-4-2-1-3-5-19/h1-13H/b20-13+. The van der Waals surface area contributed by atoms with Gasteiger partial charge in [-0.05, 0) is 54.1 Å². The number of nitriles is 1. The molecule has 0 aromatic heterocycles. The summed E-state index contributed by atoms with van der Waals surface area (Å²) in [5.41, 5.74) is 0.0383. The summed E-state index contributed by atoms with van der Waals surface area (Å²) in [6.45, 7) is 0. The molecule has 3 rings (SSSR count). The molecule has 0 bridgehead atoms. The van der Waals surface area contributed by atoms with Gasteiger partial charge in [0.15, 0.2) is 0 Å². The molecule has 0 aliphatic heterocycles. The monoisotopic (exact) mass is 456 g/mol. The maximum atomic E-state index is 12.8. The van der Waals surface area contributed by atoms with E-state index in [0.29, 0.717) is 9.92 Å². The lowest BCUT2D eigenvalue weighted by Gasteiger charge is -2.08. The number of rotatable bonds is 6. The van der Waals surface area contributed by atoms with Gasteiger partial charge in [-0.3, -0.25) is 10.1 Å². The fraction of sp³-hybridized carbons (Fsp3) is 0. The molecule has 0 saturated heterocycles. The molecule has 3 aromatic rings. The molecule has 0 aliphatic carbocycles. The van der Waals surface area contributed by atoms with Crippen molar-refractivity contribution in [3.8, 4) is 6.07 Å². The van der Waals surface area contributed by atoms with Crippen LogP contribution in [-0.4, -0.2) is 13.3 Å². The summed E-state index contributed by atoms with van der Waals surface area (Å²) >= 11 is 7.17. The topological polar surface area (TPSA) is 101 Å². The van der Waals surface area contributed by atoms with Crippen LogP contribution in [0.2, 0.25) is 5.02 Å². The van der Waals surface area contributed by atoms with Crippen LogP contribution in [0.1, 0.15) is 5.56 Å². The maximum absolute atomic E-state index is 12.8. The third kappa shape index (κ3) is 4.89. The van der Waals surface area contributed by atoms with Gasteiger partial charge in [-0.2, -0.15) is 5.26 Å². The fourth-order valence-corrected chi connectivity index (χ4v) is 4.72. The fourth-order valence-electron chi connectivity index (χ4n) is 2.52. The largest absolute Gasteiger partial charge is 0.270 e. The van der Waals surface area contributed by atoms with Crippen molar-refractivity contribution < 1.29 is 13.3 Å². The highest BCUT2D eigenvalue weighted by atomic mass is 35.5. The average Bonchev–Trinajstić information content (AvgIpc) is 2.74. The first-order valence-corrected chi connectivity index (χ1v) is 11.1. The van der Waals surface area contributed by atoms with Gasteiger partial charge in [0.05, 0.1) is 9.82 Å². The summed E-state index contributed by atoms with van der Waals surface area (Å²) in [5.74, 6) is 0. The third-order valence-electron chi connectivity index (χ3n) is 3.99. The van der Waals surface area contributed by atoms with Crippen molar-refractivity contribution in [2.75, 3.05) is 0 Å². The van der Waals surface area contributed by atoms with E-state index >= 15 is 0 Å². The molecule has 0 radical (unpaired) electrons. The lowest BCUT2D eigenvalue weighted by atomic mass is 10.2. The number of allylic oxidation sites excluding steroid dienone is 1. The van der Waals surface area contributed by atoms with Gasteiger partial charge in [0.1, 0.15) is 11.0 Å². The molecule has 150 valence electrons. The molecule has 0 spiro atoms. The van der Waals surface area contributed by atoms with E-state index in [1.807, 2.05) is 0 Å². The van der Waals surface area contributed by atoms with Crippen LogP contribution >= 0.6 is 23.4 Å². The van der Waals surface area contributed by atoms with Gasteiger partial charge in [0.25, 0.3) is 5.69 Å². The number of non-ortho nitro benzene ring substituents is 1. The van der Waals surface area contributed by atoms with Crippen molar-refractivity contribution in [1.29, 1.82) is 5.26 Å². The first-order valence-electron chi connectivity index (χ1n) is 8.45. The van der Waals surface area contributed by atoms with Gasteiger partial charge in [0, 0.05) is 26.9 Å². The summed E-state index contributed by atoms with van der Waals surface area (Å²) in [4.78, 5) is 11.5. The summed E-state index contributed by atoms with van der Waals surface area (Å²) in [5, 5.41) is 21.3. The van der Waals surface area contributed by atoms with E-state index in [0.717, 1.165) is 11.0 Å². The second-order valence-electron chi connectivity index (χ2n) is 5.97. The molecule has 0 atom stereocenters. The van der Waals surface area contributed by atoms with Crippen molar-refractivity contribution in [3.63, 3.8) is 0 Å². The predicted octanol–water partition coefficient (Wildman–Crippen LogP) is 5.74. The first-order chi connectivity index (χ1) is 14.3. The second kappa shape index (κ2) is 9.13. The molecule has 3 aromatic carbocycles. The molecule has 9 heteroatoms. The molecule has 0 fully saturated rings. The zero-order chi connectivity index (χ0) is 21.7. The Morgan fingerprint density at radius 2 is 1.73 bits per heavy atom. The number of nitro benzene ring substituents is 1. The number of hydrogen-bond acceptors (Lipinski definition) is 6. The zero-order valence-electron chi connectivity index (χ0n) is 15.2. The summed E-state index contributed by atoms with van der Waals surface area (Å²) < 4.78 is 25.7. The number of halogens is 1. The Kier molecular flexibility index (Phi) is 6.57. The normalized spacial score (nSPS) is 11.7. The Balaban J connectivity index is 2.11. The van der Waals surface area contributed by atoms with E-state index in [1.165, 1.54) is 42.1 Å². The predicted molar refractivity (Wildman–Crippen MR) is 116 cm³/mol. The molecule has 0 N–H and O–H groups in total. The van der Waals surface area contributed by atoms with Crippen LogP contribution in [0.3, 0.4) is 0 Å². The molecule has 0 aliphatic rings. The van der Waals surface area contributed by atoms with Gasteiger partial charge < -0.3 is 0 Å². The summed E-state index contributed by atoms with van der Waals surface area (Å²) in [6.07, 6.45) is 1.16. The smallest absolute Gasteiger partial charge is 0.258 e. The van der Waals surface area contributed by atoms with Gasteiger partial charge in [-0.25, -0.2) is 8.42 Å². The molecule has 0 heterocycles. The van der Waals surface area contributed by atoms with E-state index in [2.05, 4.69) is 0 Å². The Labute approximate surface area is 182 Å². The van der Waals surface area contributed by atoms with Crippen LogP contribution in [0, 0.1) is 21.4 Å². The molecular formula is C21H13ClN2O4S2. The number of benzene rings is 3. The minimum absolute atomic E-state index is 0.0323. The lowest BCUT2D eigenvalue weighted by Crippen LogP contribution is -2.03. The molecular weight excluding hydrogens is 444 g/mol. The number of hydrogen-bond donors (Lipinski definition) is 0. The lowest BCUT2D eigenvalue weighted by molar-refractivity contribution is -0.384. The van der Waals surface area contributed by atoms with Gasteiger partial charge >= 0.3 is 0 Å². The number of nitro groups is 1. The van der Waals surface area contributed by atoms with Crippen molar-refractivity contribution in [2.24, 2.45) is 0 Å². The molecule has 30 heavy (non-hydrogen) atoms. The van der Waals surface area contributed by atoms with E-state index in [9.17, 15) is 23.8 Å². The molecule has 0 unspecified atom stereocenters. The molecule has 0 saturated carbocycles. The summed E-state index contributed by atoms with van der Waals surface area (Å²) in [6, 6.07) is 20.3. The van der Waals surface area contributed by atoms with Crippen LogP contribution < -0.4 is 0 Å². The Hall–Kier alpha value is -3.12. The van der Waals surface area contributed by atoms with Crippen LogP contribution in [0.25, 0.3) is 6.08 Å². The number of nitrogens with zero attached hydrogens (tertiary/aromatic N) is 2. The minimum Gasteiger partial charge on any atom is -0.258 e. The van der Waals surface area contributed by atoms with E-state index in [-0.39, 0.29) is 16.1 Å². The van der Waals surface area contributed by atoms with Crippen LogP contribution in [0.4, 0.5) is 5.69 Å². The van der Waals surface area contributed by atoms with E-state index < -0.39 is 19.7 Å². The van der Waals surface area contributed by atoms with Crippen molar-refractivity contribution >= 4 is 45.0 Å². The van der Waals surface area contributed by atoms with Crippen molar-refractivity contribution in [1.82, 2.24) is 0 Å². The van der Waals surface area contributed by atoms with E-state index in [4.69, 9.17) is 11.6 Å². The van der Waals surface area contributed by atoms with Crippen LogP contribution in [0.5, 0.6) is 0 Å². The molecule has 0 amide bonds. The number of sulfone groups is 1. The molecule has 6 nitrogen and oxygen atoms in total. The van der Waals surface area contributed by atoms with Gasteiger partial charge in [-0.1, -0.05) is 41.6 Å². The second-order valence-corrected chi connectivity index (χ2v) is 9.44. The average molecular weight is 457 g/mol. The Morgan fingerprint density at radius 1 is 1.07 bits per heavy atom.